The fraction of sp³-hybridized carbons (Fsp3) is 0.408. The average Bonchev–Trinajstić information content (AvgIpc) is 1.65. The van der Waals surface area contributed by atoms with Gasteiger partial charge in [0.1, 0.15) is 11.5 Å². The molecule has 2 aliphatic heterocycles. The summed E-state index contributed by atoms with van der Waals surface area (Å²) in [7, 11) is 3.32. The summed E-state index contributed by atoms with van der Waals surface area (Å²) in [5, 5.41) is 2.75. The molecular formula is C71H86Cl4N2O6. The van der Waals surface area contributed by atoms with Gasteiger partial charge in [-0.15, -0.1) is 13.2 Å². The van der Waals surface area contributed by atoms with Crippen molar-refractivity contribution in [3.63, 3.8) is 0 Å². The van der Waals surface area contributed by atoms with E-state index in [-0.39, 0.29) is 55.2 Å². The van der Waals surface area contributed by atoms with Crippen LogP contribution in [0.2, 0.25) is 20.1 Å². The summed E-state index contributed by atoms with van der Waals surface area (Å²) in [4.78, 5) is 33.9. The van der Waals surface area contributed by atoms with Crippen LogP contribution in [0.5, 0.6) is 11.5 Å². The minimum atomic E-state index is -0.639. The molecule has 12 heteroatoms. The largest absolute Gasteiger partial charge is 0.497 e. The Bertz CT molecular complexity index is 2780. The minimum Gasteiger partial charge on any atom is -0.497 e. The standard InChI is InChI=1S/2C35H41Cl2NO3.CH4/c2*1-5-19-35(20-21-41-24-25-11-17-31(40-4)18-12-25)23-32(27-9-8-10-29(37)22-27)33(26-13-15-28(36)16-14-26)38(34(35)39)30(6-2)7-3;/h2*5,8-18,22,30,32-33H,1,6-7,19-21,23-24H2,2-4H3;1H4/t32-,33-,35+;32-,33-,35-;/m11./s1. The van der Waals surface area contributed by atoms with Crippen LogP contribution in [0.4, 0.5) is 0 Å². The zero-order valence-corrected chi connectivity index (χ0v) is 51.7. The smallest absolute Gasteiger partial charge is 0.229 e. The highest BCUT2D eigenvalue weighted by atomic mass is 35.5. The first-order valence-electron chi connectivity index (χ1n) is 29.0. The van der Waals surface area contributed by atoms with Crippen molar-refractivity contribution in [2.24, 2.45) is 10.8 Å². The van der Waals surface area contributed by atoms with Crippen molar-refractivity contribution >= 4 is 58.2 Å². The molecule has 2 aliphatic rings. The fourth-order valence-electron chi connectivity index (χ4n) is 12.6. The Balaban J connectivity index is 0.000000263. The summed E-state index contributed by atoms with van der Waals surface area (Å²) < 4.78 is 22.9. The number of ether oxygens (including phenoxy) is 4. The molecule has 0 bridgehead atoms. The quantitative estimate of drug-likeness (QED) is 0.0398. The van der Waals surface area contributed by atoms with E-state index >= 15 is 0 Å². The maximum absolute atomic E-state index is 14.8. The number of likely N-dealkylation sites (tertiary alicyclic amines) is 2. The van der Waals surface area contributed by atoms with E-state index in [2.05, 4.69) is 99.2 Å². The van der Waals surface area contributed by atoms with Gasteiger partial charge in [-0.05, 0) is 170 Å². The molecule has 6 aromatic carbocycles. The lowest BCUT2D eigenvalue weighted by atomic mass is 9.64. The van der Waals surface area contributed by atoms with Gasteiger partial charge in [0.15, 0.2) is 0 Å². The molecule has 0 unspecified atom stereocenters. The number of carbonyl (C=O) groups excluding carboxylic acids is 2. The molecule has 0 N–H and O–H groups in total. The molecule has 6 atom stereocenters. The number of hydrogen-bond acceptors (Lipinski definition) is 6. The average molecular weight is 1210 g/mol. The van der Waals surface area contributed by atoms with Gasteiger partial charge in [-0.2, -0.15) is 0 Å². The molecule has 2 saturated heterocycles. The third-order valence-electron chi connectivity index (χ3n) is 17.0. The number of rotatable bonds is 26. The zero-order valence-electron chi connectivity index (χ0n) is 48.6. The molecule has 2 heterocycles. The van der Waals surface area contributed by atoms with E-state index in [1.54, 1.807) is 14.2 Å². The lowest BCUT2D eigenvalue weighted by Gasteiger charge is -2.53. The van der Waals surface area contributed by atoms with Gasteiger partial charge in [-0.3, -0.25) is 9.59 Å². The topological polar surface area (TPSA) is 77.5 Å². The number of allylic oxidation sites excluding steroid dienone is 2. The molecule has 83 heavy (non-hydrogen) atoms. The van der Waals surface area contributed by atoms with E-state index in [0.717, 1.165) is 70.6 Å². The first-order valence-corrected chi connectivity index (χ1v) is 30.5. The van der Waals surface area contributed by atoms with Crippen LogP contribution in [-0.4, -0.2) is 61.1 Å². The highest BCUT2D eigenvalue weighted by Gasteiger charge is 2.54. The normalized spacial score (nSPS) is 20.6. The SMILES string of the molecule is C.C=CC[C@@]1(CCOCc2ccc(OC)cc2)C[C@H](c2cccc(Cl)c2)[C@@H](c2ccc(Cl)cc2)N(C(CC)CC)C1=O.C=CC[C@]1(CCOCc2ccc(OC)cc2)C[C@H](c2cccc(Cl)c2)[C@@H](c2ccc(Cl)cc2)N(C(CC)CC)C1=O. The van der Waals surface area contributed by atoms with Crippen molar-refractivity contribution in [3.05, 3.63) is 224 Å². The van der Waals surface area contributed by atoms with Crippen LogP contribution >= 0.6 is 46.4 Å². The van der Waals surface area contributed by atoms with Crippen LogP contribution in [0.15, 0.2) is 171 Å². The maximum atomic E-state index is 14.8. The van der Waals surface area contributed by atoms with E-state index in [0.29, 0.717) is 85.0 Å². The van der Waals surface area contributed by atoms with Crippen LogP contribution in [0.25, 0.3) is 0 Å². The first-order chi connectivity index (χ1) is 39.7. The molecule has 8 rings (SSSR count). The third kappa shape index (κ3) is 16.4. The lowest BCUT2D eigenvalue weighted by Crippen LogP contribution is -2.56. The zero-order chi connectivity index (χ0) is 58.8. The van der Waals surface area contributed by atoms with E-state index in [4.69, 9.17) is 65.4 Å². The minimum absolute atomic E-state index is 0. The summed E-state index contributed by atoms with van der Waals surface area (Å²) in [5.41, 5.74) is 5.29. The lowest BCUT2D eigenvalue weighted by molar-refractivity contribution is -0.158. The van der Waals surface area contributed by atoms with Gasteiger partial charge in [0, 0.05) is 57.2 Å². The summed E-state index contributed by atoms with van der Waals surface area (Å²) in [5.74, 6) is 2.06. The molecule has 0 radical (unpaired) electrons. The second kappa shape index (κ2) is 32.1. The van der Waals surface area contributed by atoms with Crippen LogP contribution in [0.3, 0.4) is 0 Å². The maximum Gasteiger partial charge on any atom is 0.229 e. The van der Waals surface area contributed by atoms with Crippen molar-refractivity contribution in [1.29, 1.82) is 0 Å². The number of nitrogens with zero attached hydrogens (tertiary/aromatic N) is 2. The van der Waals surface area contributed by atoms with Crippen molar-refractivity contribution in [2.45, 2.75) is 149 Å². The Morgan fingerprint density at radius 3 is 1.16 bits per heavy atom. The van der Waals surface area contributed by atoms with E-state index in [1.807, 2.05) is 109 Å². The molecule has 444 valence electrons. The number of amides is 2. The predicted octanol–water partition coefficient (Wildman–Crippen LogP) is 19.5. The van der Waals surface area contributed by atoms with Crippen molar-refractivity contribution in [1.82, 2.24) is 9.80 Å². The summed E-state index contributed by atoms with van der Waals surface area (Å²) in [6.45, 7) is 18.7. The molecular weight excluding hydrogens is 1120 g/mol. The molecule has 6 aromatic rings. The van der Waals surface area contributed by atoms with Crippen LogP contribution in [0, 0.1) is 10.8 Å². The molecule has 8 nitrogen and oxygen atoms in total. The molecule has 0 aliphatic carbocycles. The Morgan fingerprint density at radius 2 is 0.855 bits per heavy atom. The predicted molar refractivity (Wildman–Crippen MR) is 344 cm³/mol. The Labute approximate surface area is 516 Å². The van der Waals surface area contributed by atoms with Gasteiger partial charge < -0.3 is 28.7 Å². The Morgan fingerprint density at radius 1 is 0.506 bits per heavy atom. The monoisotopic (exact) mass is 1200 g/mol. The van der Waals surface area contributed by atoms with E-state index in [1.165, 1.54) is 0 Å². The van der Waals surface area contributed by atoms with Crippen molar-refractivity contribution < 1.29 is 28.5 Å². The molecule has 2 amide bonds. The highest BCUT2D eigenvalue weighted by Crippen LogP contribution is 2.56. The third-order valence-corrected chi connectivity index (χ3v) is 18.0. The van der Waals surface area contributed by atoms with Crippen molar-refractivity contribution in [2.75, 3.05) is 27.4 Å². The first kappa shape index (κ1) is 66.6. The highest BCUT2D eigenvalue weighted by molar-refractivity contribution is 6.31. The summed E-state index contributed by atoms with van der Waals surface area (Å²) in [6, 6.07) is 47.8. The molecule has 2 fully saturated rings. The Hall–Kier alpha value is -5.58. The van der Waals surface area contributed by atoms with Gasteiger partial charge in [0.05, 0.1) is 50.3 Å². The number of benzene rings is 6. The van der Waals surface area contributed by atoms with Gasteiger partial charge >= 0.3 is 0 Å². The molecule has 0 saturated carbocycles. The van der Waals surface area contributed by atoms with Gasteiger partial charge in [-0.25, -0.2) is 0 Å². The second-order valence-corrected chi connectivity index (χ2v) is 23.7. The van der Waals surface area contributed by atoms with E-state index in [9.17, 15) is 9.59 Å². The molecule has 0 spiro atoms. The summed E-state index contributed by atoms with van der Waals surface area (Å²) in [6.07, 6.45) is 11.0. The van der Waals surface area contributed by atoms with Crippen LogP contribution in [0.1, 0.15) is 157 Å². The summed E-state index contributed by atoms with van der Waals surface area (Å²) >= 11 is 25.7. The van der Waals surface area contributed by atoms with Crippen LogP contribution in [-0.2, 0) is 32.3 Å². The number of hydrogen-bond donors (Lipinski definition) is 0. The second-order valence-electron chi connectivity index (χ2n) is 21.9. The Kier molecular flexibility index (Phi) is 25.7. The number of piperidine rings is 2. The van der Waals surface area contributed by atoms with Gasteiger partial charge in [0.25, 0.3) is 0 Å². The van der Waals surface area contributed by atoms with Crippen LogP contribution < -0.4 is 9.47 Å². The van der Waals surface area contributed by atoms with Crippen molar-refractivity contribution in [3.8, 4) is 11.5 Å². The number of carbonyl (C=O) groups is 2. The number of methoxy groups -OCH3 is 2. The molecule has 0 aromatic heterocycles. The van der Waals surface area contributed by atoms with Gasteiger partial charge in [0.2, 0.25) is 11.8 Å². The number of halogens is 4. The fourth-order valence-corrected chi connectivity index (χ4v) is 13.3. The van der Waals surface area contributed by atoms with Gasteiger partial charge in [-0.1, -0.05) is 166 Å². The van der Waals surface area contributed by atoms with E-state index < -0.39 is 10.8 Å².